The zero-order chi connectivity index (χ0) is 10.6. The Hall–Kier alpha value is -0.610. The van der Waals surface area contributed by atoms with Crippen LogP contribution in [-0.2, 0) is 4.79 Å². The number of hydrogen-bond donors (Lipinski definition) is 2. The van der Waals surface area contributed by atoms with Gasteiger partial charge >= 0.3 is 0 Å². The molecule has 1 rings (SSSR count). The normalized spacial score (nSPS) is 19.1. The number of nitrogens with zero attached hydrogens (tertiary/aromatic N) is 1. The monoisotopic (exact) mass is 199 g/mol. The molecule has 0 aromatic rings. The van der Waals surface area contributed by atoms with Gasteiger partial charge in [-0.15, -0.1) is 0 Å². The molecule has 1 fully saturated rings. The van der Waals surface area contributed by atoms with Crippen molar-refractivity contribution in [1.29, 1.82) is 0 Å². The van der Waals surface area contributed by atoms with Crippen LogP contribution in [0.5, 0.6) is 0 Å². The Morgan fingerprint density at radius 1 is 1.64 bits per heavy atom. The van der Waals surface area contributed by atoms with E-state index in [0.29, 0.717) is 6.04 Å². The highest BCUT2D eigenvalue weighted by Gasteiger charge is 2.30. The van der Waals surface area contributed by atoms with E-state index in [1.807, 2.05) is 7.05 Å². The summed E-state index contributed by atoms with van der Waals surface area (Å²) in [6, 6.07) is 0.541. The second-order valence-electron chi connectivity index (χ2n) is 4.06. The highest BCUT2D eigenvalue weighted by atomic mass is 16.2. The number of likely N-dealkylation sites (N-methyl/N-ethyl adjacent to an activating group) is 1. The molecule has 1 unspecified atom stereocenters. The lowest BCUT2D eigenvalue weighted by Crippen LogP contribution is -2.52. The first-order valence-corrected chi connectivity index (χ1v) is 5.43. The van der Waals surface area contributed by atoms with Crippen LogP contribution in [-0.4, -0.2) is 29.9 Å². The highest BCUT2D eigenvalue weighted by molar-refractivity contribution is 5.81. The van der Waals surface area contributed by atoms with Crippen molar-refractivity contribution in [2.24, 2.45) is 5.84 Å². The van der Waals surface area contributed by atoms with E-state index in [0.717, 1.165) is 12.8 Å². The Kier molecular flexibility index (Phi) is 4.35. The molecule has 0 bridgehead atoms. The third-order valence-electron chi connectivity index (χ3n) is 3.15. The van der Waals surface area contributed by atoms with E-state index in [-0.39, 0.29) is 11.9 Å². The topological polar surface area (TPSA) is 58.4 Å². The lowest BCUT2D eigenvalue weighted by atomic mass is 9.90. The molecule has 0 saturated heterocycles. The van der Waals surface area contributed by atoms with E-state index in [2.05, 4.69) is 17.2 Å². The van der Waals surface area contributed by atoms with Crippen LogP contribution in [0.4, 0.5) is 0 Å². The van der Waals surface area contributed by atoms with E-state index >= 15 is 0 Å². The van der Waals surface area contributed by atoms with Gasteiger partial charge in [0.05, 0.1) is 6.04 Å². The maximum atomic E-state index is 11.5. The summed E-state index contributed by atoms with van der Waals surface area (Å²) in [5, 5.41) is 0. The average Bonchev–Trinajstić information content (AvgIpc) is 2.10. The Labute approximate surface area is 85.8 Å². The quantitative estimate of drug-likeness (QED) is 0.388. The molecular weight excluding hydrogens is 178 g/mol. The average molecular weight is 199 g/mol. The standard InChI is InChI=1S/C10H21N3O/c1-3-5-9(10(14)12-11)13(2)8-6-4-7-8/h8-9H,3-7,11H2,1-2H3,(H,12,14). The molecule has 82 valence electrons. The van der Waals surface area contributed by atoms with Crippen LogP contribution in [0.25, 0.3) is 0 Å². The van der Waals surface area contributed by atoms with Gasteiger partial charge in [-0.2, -0.15) is 0 Å². The number of hydrazine groups is 1. The molecule has 3 N–H and O–H groups in total. The van der Waals surface area contributed by atoms with E-state index in [9.17, 15) is 4.79 Å². The molecule has 1 saturated carbocycles. The van der Waals surface area contributed by atoms with Crippen LogP contribution in [0.1, 0.15) is 39.0 Å². The maximum absolute atomic E-state index is 11.5. The van der Waals surface area contributed by atoms with Crippen LogP contribution in [0, 0.1) is 0 Å². The minimum Gasteiger partial charge on any atom is -0.293 e. The lowest BCUT2D eigenvalue weighted by Gasteiger charge is -2.39. The summed E-state index contributed by atoms with van der Waals surface area (Å²) < 4.78 is 0. The molecule has 0 aliphatic heterocycles. The number of carbonyl (C=O) groups is 1. The van der Waals surface area contributed by atoms with Crippen LogP contribution in [0.3, 0.4) is 0 Å². The first kappa shape index (κ1) is 11.5. The number of rotatable bonds is 5. The summed E-state index contributed by atoms with van der Waals surface area (Å²) in [4.78, 5) is 13.7. The van der Waals surface area contributed by atoms with Crippen LogP contribution >= 0.6 is 0 Å². The van der Waals surface area contributed by atoms with Crippen molar-refractivity contribution in [3.8, 4) is 0 Å². The van der Waals surface area contributed by atoms with Crippen molar-refractivity contribution in [2.75, 3.05) is 7.05 Å². The first-order chi connectivity index (χ1) is 6.70. The number of nitrogens with two attached hydrogens (primary N) is 1. The summed E-state index contributed by atoms with van der Waals surface area (Å²) in [5.74, 6) is 5.12. The SMILES string of the molecule is CCCC(C(=O)NN)N(C)C1CCC1. The molecule has 1 amide bonds. The van der Waals surface area contributed by atoms with E-state index in [1.54, 1.807) is 0 Å². The van der Waals surface area contributed by atoms with Gasteiger partial charge in [-0.25, -0.2) is 5.84 Å². The number of carbonyl (C=O) groups excluding carboxylic acids is 1. The third-order valence-corrected chi connectivity index (χ3v) is 3.15. The molecule has 4 heteroatoms. The molecule has 1 atom stereocenters. The van der Waals surface area contributed by atoms with Crippen molar-refractivity contribution in [1.82, 2.24) is 10.3 Å². The summed E-state index contributed by atoms with van der Waals surface area (Å²) in [5.41, 5.74) is 2.25. The minimum absolute atomic E-state index is 0.0460. The Bertz CT molecular complexity index is 192. The number of nitrogens with one attached hydrogen (secondary N) is 1. The zero-order valence-electron chi connectivity index (χ0n) is 9.12. The maximum Gasteiger partial charge on any atom is 0.251 e. The largest absolute Gasteiger partial charge is 0.293 e. The van der Waals surface area contributed by atoms with Crippen molar-refractivity contribution < 1.29 is 4.79 Å². The van der Waals surface area contributed by atoms with Crippen LogP contribution in [0.15, 0.2) is 0 Å². The Morgan fingerprint density at radius 3 is 2.64 bits per heavy atom. The van der Waals surface area contributed by atoms with Gasteiger partial charge < -0.3 is 0 Å². The molecule has 4 nitrogen and oxygen atoms in total. The van der Waals surface area contributed by atoms with Gasteiger partial charge in [0.25, 0.3) is 5.91 Å². The van der Waals surface area contributed by atoms with Gasteiger partial charge in [0, 0.05) is 6.04 Å². The highest BCUT2D eigenvalue weighted by Crippen LogP contribution is 2.26. The fourth-order valence-corrected chi connectivity index (χ4v) is 1.94. The molecule has 1 aliphatic rings. The Morgan fingerprint density at radius 2 is 2.29 bits per heavy atom. The van der Waals surface area contributed by atoms with Gasteiger partial charge in [0.15, 0.2) is 0 Å². The second-order valence-corrected chi connectivity index (χ2v) is 4.06. The van der Waals surface area contributed by atoms with Gasteiger partial charge in [0.2, 0.25) is 0 Å². The summed E-state index contributed by atoms with van der Waals surface area (Å²) in [6.07, 6.45) is 5.62. The smallest absolute Gasteiger partial charge is 0.251 e. The van der Waals surface area contributed by atoms with Crippen LogP contribution in [0.2, 0.25) is 0 Å². The van der Waals surface area contributed by atoms with Gasteiger partial charge in [0.1, 0.15) is 0 Å². The predicted octanol–water partition coefficient (Wildman–Crippen LogP) is 0.629. The fourth-order valence-electron chi connectivity index (χ4n) is 1.94. The summed E-state index contributed by atoms with van der Waals surface area (Å²) in [6.45, 7) is 2.09. The predicted molar refractivity (Wildman–Crippen MR) is 56.4 cm³/mol. The molecule has 0 heterocycles. The lowest BCUT2D eigenvalue weighted by molar-refractivity contribution is -0.127. The third kappa shape index (κ3) is 2.45. The summed E-state index contributed by atoms with van der Waals surface area (Å²) >= 11 is 0. The molecule has 1 aliphatic carbocycles. The Balaban J connectivity index is 2.50. The first-order valence-electron chi connectivity index (χ1n) is 5.43. The van der Waals surface area contributed by atoms with Crippen molar-refractivity contribution >= 4 is 5.91 Å². The van der Waals surface area contributed by atoms with E-state index in [4.69, 9.17) is 5.84 Å². The molecule has 0 aromatic carbocycles. The van der Waals surface area contributed by atoms with Crippen LogP contribution < -0.4 is 11.3 Å². The summed E-state index contributed by atoms with van der Waals surface area (Å²) in [7, 11) is 2.03. The van der Waals surface area contributed by atoms with Gasteiger partial charge in [-0.3, -0.25) is 15.1 Å². The van der Waals surface area contributed by atoms with E-state index in [1.165, 1.54) is 19.3 Å². The van der Waals surface area contributed by atoms with Crippen molar-refractivity contribution in [2.45, 2.75) is 51.1 Å². The van der Waals surface area contributed by atoms with Gasteiger partial charge in [-0.1, -0.05) is 19.8 Å². The number of amides is 1. The number of hydrogen-bond acceptors (Lipinski definition) is 3. The minimum atomic E-state index is -0.0544. The van der Waals surface area contributed by atoms with Gasteiger partial charge in [-0.05, 0) is 26.3 Å². The molecule has 14 heavy (non-hydrogen) atoms. The molecular formula is C10H21N3O. The molecule has 0 spiro atoms. The molecule has 0 aromatic heterocycles. The van der Waals surface area contributed by atoms with Crippen molar-refractivity contribution in [3.05, 3.63) is 0 Å². The fraction of sp³-hybridized carbons (Fsp3) is 0.900. The second kappa shape index (κ2) is 5.32. The van der Waals surface area contributed by atoms with Crippen molar-refractivity contribution in [3.63, 3.8) is 0 Å². The van der Waals surface area contributed by atoms with E-state index < -0.39 is 0 Å². The molecule has 0 radical (unpaired) electrons. The zero-order valence-corrected chi connectivity index (χ0v) is 9.12.